The van der Waals surface area contributed by atoms with E-state index in [1.807, 2.05) is 11.8 Å². The molecule has 176 valence electrons. The molecule has 2 aliphatic heterocycles. The van der Waals surface area contributed by atoms with E-state index in [-0.39, 0.29) is 30.6 Å². The summed E-state index contributed by atoms with van der Waals surface area (Å²) in [4.78, 5) is 35.2. The summed E-state index contributed by atoms with van der Waals surface area (Å²) in [7, 11) is 0. The molecule has 2 aromatic rings. The summed E-state index contributed by atoms with van der Waals surface area (Å²) in [6.07, 6.45) is -1.12. The van der Waals surface area contributed by atoms with Crippen LogP contribution in [0.4, 0.5) is 29.9 Å². The minimum absolute atomic E-state index is 0.00796. The van der Waals surface area contributed by atoms with Crippen molar-refractivity contribution in [2.24, 2.45) is 0 Å². The molecule has 1 atom stereocenters. The number of halogens is 2. The van der Waals surface area contributed by atoms with Gasteiger partial charge in [0.2, 0.25) is 0 Å². The maximum absolute atomic E-state index is 15.0. The van der Waals surface area contributed by atoms with Crippen LogP contribution in [-0.4, -0.2) is 64.4 Å². The monoisotopic (exact) mass is 462 g/mol. The van der Waals surface area contributed by atoms with Gasteiger partial charge in [0.1, 0.15) is 17.5 Å². The molecule has 0 radical (unpaired) electrons. The predicted molar refractivity (Wildman–Crippen MR) is 115 cm³/mol. The fourth-order valence-electron chi connectivity index (χ4n) is 3.96. The van der Waals surface area contributed by atoms with Crippen molar-refractivity contribution in [1.29, 1.82) is 0 Å². The SMILES string of the molecule is CCNC(=O)Nc1cc(F)c(-c2nc3c(c(N4CCOCC4C)n2)CN(C(=O)O)C3)c(F)c1. The number of morpholine rings is 1. The standard InChI is InChI=1S/C21H24F2N6O4/c1-3-24-20(30)25-12-6-14(22)17(15(23)7-12)18-26-16-9-28(21(31)32)8-13(16)19(27-18)29-4-5-33-10-11(29)2/h6-7,11H,3-5,8-10H2,1-2H3,(H,31,32)(H2,24,25,30). The summed E-state index contributed by atoms with van der Waals surface area (Å²) in [6.45, 7) is 5.47. The molecule has 1 aromatic heterocycles. The molecule has 0 bridgehead atoms. The van der Waals surface area contributed by atoms with E-state index in [4.69, 9.17) is 4.74 Å². The molecule has 12 heteroatoms. The number of anilines is 2. The van der Waals surface area contributed by atoms with E-state index in [9.17, 15) is 14.7 Å². The van der Waals surface area contributed by atoms with Crippen molar-refractivity contribution in [3.63, 3.8) is 0 Å². The number of hydrogen-bond donors (Lipinski definition) is 3. The number of carboxylic acid groups (broad SMARTS) is 1. The van der Waals surface area contributed by atoms with Gasteiger partial charge in [-0.1, -0.05) is 0 Å². The average Bonchev–Trinajstić information content (AvgIpc) is 3.18. The van der Waals surface area contributed by atoms with Crippen molar-refractivity contribution < 1.29 is 28.2 Å². The van der Waals surface area contributed by atoms with Gasteiger partial charge in [0.15, 0.2) is 5.82 Å². The second-order valence-electron chi connectivity index (χ2n) is 7.85. The fourth-order valence-corrected chi connectivity index (χ4v) is 3.96. The van der Waals surface area contributed by atoms with Crippen LogP contribution in [0.5, 0.6) is 0 Å². The van der Waals surface area contributed by atoms with Gasteiger partial charge < -0.3 is 25.4 Å². The lowest BCUT2D eigenvalue weighted by atomic mass is 10.1. The number of ether oxygens (including phenoxy) is 1. The molecule has 4 rings (SSSR count). The van der Waals surface area contributed by atoms with Crippen LogP contribution in [-0.2, 0) is 17.8 Å². The molecule has 3 amide bonds. The first-order valence-corrected chi connectivity index (χ1v) is 10.5. The van der Waals surface area contributed by atoms with Crippen molar-refractivity contribution in [1.82, 2.24) is 20.2 Å². The van der Waals surface area contributed by atoms with Crippen LogP contribution in [0.3, 0.4) is 0 Å². The lowest BCUT2D eigenvalue weighted by Gasteiger charge is -2.35. The Kier molecular flexibility index (Phi) is 6.27. The topological polar surface area (TPSA) is 120 Å². The molecule has 0 saturated carbocycles. The van der Waals surface area contributed by atoms with Crippen molar-refractivity contribution in [3.05, 3.63) is 35.0 Å². The van der Waals surface area contributed by atoms with Gasteiger partial charge in [-0.2, -0.15) is 0 Å². The summed E-state index contributed by atoms with van der Waals surface area (Å²) in [5.74, 6) is -1.64. The quantitative estimate of drug-likeness (QED) is 0.639. The smallest absolute Gasteiger partial charge is 0.407 e. The number of amides is 3. The van der Waals surface area contributed by atoms with Gasteiger partial charge in [-0.15, -0.1) is 0 Å². The lowest BCUT2D eigenvalue weighted by molar-refractivity contribution is 0.0983. The average molecular weight is 462 g/mol. The van der Waals surface area contributed by atoms with Crippen molar-refractivity contribution in [3.8, 4) is 11.4 Å². The molecular weight excluding hydrogens is 438 g/mol. The van der Waals surface area contributed by atoms with E-state index in [1.54, 1.807) is 6.92 Å². The first-order valence-electron chi connectivity index (χ1n) is 10.5. The number of urea groups is 1. The number of rotatable bonds is 4. The summed E-state index contributed by atoms with van der Waals surface area (Å²) < 4.78 is 35.5. The molecule has 3 N–H and O–H groups in total. The Balaban J connectivity index is 1.77. The molecule has 1 unspecified atom stereocenters. The van der Waals surface area contributed by atoms with Crippen LogP contribution >= 0.6 is 0 Å². The van der Waals surface area contributed by atoms with Crippen LogP contribution < -0.4 is 15.5 Å². The number of nitrogens with one attached hydrogen (secondary N) is 2. The Bertz CT molecular complexity index is 1080. The summed E-state index contributed by atoms with van der Waals surface area (Å²) in [5.41, 5.74) is 0.514. The van der Waals surface area contributed by atoms with Gasteiger partial charge in [-0.3, -0.25) is 4.90 Å². The van der Waals surface area contributed by atoms with Gasteiger partial charge in [-0.25, -0.2) is 28.3 Å². The van der Waals surface area contributed by atoms with Crippen LogP contribution in [0.1, 0.15) is 25.1 Å². The van der Waals surface area contributed by atoms with Gasteiger partial charge in [0.05, 0.1) is 43.6 Å². The lowest BCUT2D eigenvalue weighted by Crippen LogP contribution is -2.44. The van der Waals surface area contributed by atoms with Crippen LogP contribution in [0.2, 0.25) is 0 Å². The van der Waals surface area contributed by atoms with Crippen LogP contribution in [0.25, 0.3) is 11.4 Å². The molecule has 3 heterocycles. The molecule has 2 aliphatic rings. The number of benzene rings is 1. The summed E-state index contributed by atoms with van der Waals surface area (Å²) >= 11 is 0. The zero-order valence-electron chi connectivity index (χ0n) is 18.2. The minimum Gasteiger partial charge on any atom is -0.465 e. The maximum atomic E-state index is 15.0. The summed E-state index contributed by atoms with van der Waals surface area (Å²) in [5, 5.41) is 14.3. The molecule has 0 aliphatic carbocycles. The van der Waals surface area contributed by atoms with Crippen molar-refractivity contribution >= 4 is 23.6 Å². The number of aromatic nitrogens is 2. The highest BCUT2D eigenvalue weighted by molar-refractivity contribution is 5.89. The largest absolute Gasteiger partial charge is 0.465 e. The van der Waals surface area contributed by atoms with Gasteiger partial charge in [-0.05, 0) is 26.0 Å². The highest BCUT2D eigenvalue weighted by Gasteiger charge is 2.33. The summed E-state index contributed by atoms with van der Waals surface area (Å²) in [6, 6.07) is 1.33. The molecule has 10 nitrogen and oxygen atoms in total. The third-order valence-electron chi connectivity index (χ3n) is 5.53. The number of carbonyl (C=O) groups excluding carboxylic acids is 1. The zero-order valence-corrected chi connectivity index (χ0v) is 18.2. The van der Waals surface area contributed by atoms with Gasteiger partial charge in [0, 0.05) is 24.3 Å². The third-order valence-corrected chi connectivity index (χ3v) is 5.53. The van der Waals surface area contributed by atoms with E-state index in [0.717, 1.165) is 12.1 Å². The maximum Gasteiger partial charge on any atom is 0.407 e. The van der Waals surface area contributed by atoms with E-state index >= 15 is 8.78 Å². The molecule has 1 aromatic carbocycles. The highest BCUT2D eigenvalue weighted by Crippen LogP contribution is 2.35. The Hall–Kier alpha value is -3.54. The first kappa shape index (κ1) is 22.6. The number of hydrogen-bond acceptors (Lipinski definition) is 6. The Morgan fingerprint density at radius 1 is 1.24 bits per heavy atom. The second-order valence-corrected chi connectivity index (χ2v) is 7.85. The second kappa shape index (κ2) is 9.14. The predicted octanol–water partition coefficient (Wildman–Crippen LogP) is 2.78. The van der Waals surface area contributed by atoms with E-state index in [0.29, 0.717) is 43.4 Å². The van der Waals surface area contributed by atoms with Gasteiger partial charge in [0.25, 0.3) is 0 Å². The fraction of sp³-hybridized carbons (Fsp3) is 0.429. The molecular formula is C21H24F2N6O4. The first-order chi connectivity index (χ1) is 15.8. The van der Waals surface area contributed by atoms with Crippen molar-refractivity contribution in [2.75, 3.05) is 36.5 Å². The normalized spacial score (nSPS) is 17.6. The Labute approximate surface area is 188 Å². The minimum atomic E-state index is -1.12. The number of carbonyl (C=O) groups is 2. The molecule has 1 saturated heterocycles. The molecule has 1 fully saturated rings. The van der Waals surface area contributed by atoms with E-state index in [2.05, 4.69) is 20.6 Å². The third kappa shape index (κ3) is 4.51. The number of fused-ring (bicyclic) bond motifs is 1. The van der Waals surface area contributed by atoms with Gasteiger partial charge >= 0.3 is 12.1 Å². The van der Waals surface area contributed by atoms with E-state index in [1.165, 1.54) is 4.90 Å². The molecule has 33 heavy (non-hydrogen) atoms. The van der Waals surface area contributed by atoms with Crippen LogP contribution in [0, 0.1) is 11.6 Å². The zero-order chi connectivity index (χ0) is 23.7. The number of nitrogens with zero attached hydrogens (tertiary/aromatic N) is 4. The Morgan fingerprint density at radius 2 is 1.97 bits per heavy atom. The molecule has 0 spiro atoms. The highest BCUT2D eigenvalue weighted by atomic mass is 19.1. The van der Waals surface area contributed by atoms with Crippen LogP contribution in [0.15, 0.2) is 12.1 Å². The van der Waals surface area contributed by atoms with Crippen molar-refractivity contribution in [2.45, 2.75) is 33.0 Å². The Morgan fingerprint density at radius 3 is 2.61 bits per heavy atom. The van der Waals surface area contributed by atoms with E-state index < -0.39 is 29.3 Å².